The molecule has 0 aromatic heterocycles. The lowest BCUT2D eigenvalue weighted by molar-refractivity contribution is -0.141. The third-order valence-corrected chi connectivity index (χ3v) is 3.09. The van der Waals surface area contributed by atoms with Gasteiger partial charge in [-0.2, -0.15) is 0 Å². The zero-order valence-electron chi connectivity index (χ0n) is 12.2. The SMILES string of the molecule is C=C(C)C(=O)NC(CCCCCCCCC)C(=O)O. The van der Waals surface area contributed by atoms with Crippen molar-refractivity contribution in [3.8, 4) is 0 Å². The molecular weight excluding hydrogens is 242 g/mol. The largest absolute Gasteiger partial charge is 0.480 e. The summed E-state index contributed by atoms with van der Waals surface area (Å²) in [4.78, 5) is 22.4. The molecule has 1 unspecified atom stereocenters. The second kappa shape index (κ2) is 10.6. The van der Waals surface area contributed by atoms with Crippen LogP contribution < -0.4 is 5.32 Å². The van der Waals surface area contributed by atoms with E-state index in [9.17, 15) is 9.59 Å². The molecule has 0 aliphatic heterocycles. The summed E-state index contributed by atoms with van der Waals surface area (Å²) in [6.45, 7) is 7.25. The van der Waals surface area contributed by atoms with E-state index in [2.05, 4.69) is 18.8 Å². The Morgan fingerprint density at radius 2 is 1.63 bits per heavy atom. The maximum atomic E-state index is 11.4. The fraction of sp³-hybridized carbons (Fsp3) is 0.733. The molecule has 0 fully saturated rings. The maximum Gasteiger partial charge on any atom is 0.326 e. The molecule has 19 heavy (non-hydrogen) atoms. The van der Waals surface area contributed by atoms with E-state index >= 15 is 0 Å². The third-order valence-electron chi connectivity index (χ3n) is 3.09. The van der Waals surface area contributed by atoms with Crippen molar-refractivity contribution >= 4 is 11.9 Å². The highest BCUT2D eigenvalue weighted by molar-refractivity contribution is 5.94. The lowest BCUT2D eigenvalue weighted by atomic mass is 10.0. The van der Waals surface area contributed by atoms with Crippen LogP contribution in [0.2, 0.25) is 0 Å². The summed E-state index contributed by atoms with van der Waals surface area (Å²) in [6.07, 6.45) is 8.45. The van der Waals surface area contributed by atoms with Crippen molar-refractivity contribution in [1.82, 2.24) is 5.32 Å². The molecule has 0 aliphatic carbocycles. The summed E-state index contributed by atoms with van der Waals surface area (Å²) in [5.41, 5.74) is 0.339. The molecule has 2 N–H and O–H groups in total. The minimum Gasteiger partial charge on any atom is -0.480 e. The van der Waals surface area contributed by atoms with E-state index in [1.165, 1.54) is 25.7 Å². The molecule has 0 aromatic carbocycles. The van der Waals surface area contributed by atoms with Crippen LogP contribution in [0, 0.1) is 0 Å². The highest BCUT2D eigenvalue weighted by Crippen LogP contribution is 2.10. The number of carbonyl (C=O) groups is 2. The average Bonchev–Trinajstić information content (AvgIpc) is 2.35. The molecule has 1 amide bonds. The summed E-state index contributed by atoms with van der Waals surface area (Å²) in [6, 6.07) is -0.792. The van der Waals surface area contributed by atoms with Gasteiger partial charge in [0, 0.05) is 5.57 Å². The number of nitrogens with one attached hydrogen (secondary N) is 1. The van der Waals surface area contributed by atoms with Crippen molar-refractivity contribution in [2.24, 2.45) is 0 Å². The van der Waals surface area contributed by atoms with Crippen molar-refractivity contribution in [3.05, 3.63) is 12.2 Å². The topological polar surface area (TPSA) is 66.4 Å². The molecule has 0 aliphatic rings. The highest BCUT2D eigenvalue weighted by atomic mass is 16.4. The smallest absolute Gasteiger partial charge is 0.326 e. The van der Waals surface area contributed by atoms with Crippen LogP contribution in [0.15, 0.2) is 12.2 Å². The molecule has 1 atom stereocenters. The molecular formula is C15H27NO3. The minimum absolute atomic E-state index is 0.339. The number of carbonyl (C=O) groups excluding carboxylic acids is 1. The monoisotopic (exact) mass is 269 g/mol. The van der Waals surface area contributed by atoms with E-state index in [1.54, 1.807) is 6.92 Å². The zero-order chi connectivity index (χ0) is 14.7. The fourth-order valence-corrected chi connectivity index (χ4v) is 1.84. The van der Waals surface area contributed by atoms with Crippen molar-refractivity contribution in [3.63, 3.8) is 0 Å². The highest BCUT2D eigenvalue weighted by Gasteiger charge is 2.19. The van der Waals surface area contributed by atoms with E-state index in [0.717, 1.165) is 19.3 Å². The fourth-order valence-electron chi connectivity index (χ4n) is 1.84. The summed E-state index contributed by atoms with van der Waals surface area (Å²) in [5, 5.41) is 11.5. The number of unbranched alkanes of at least 4 members (excludes halogenated alkanes) is 6. The van der Waals surface area contributed by atoms with Gasteiger partial charge in [-0.25, -0.2) is 4.79 Å². The van der Waals surface area contributed by atoms with Gasteiger partial charge in [-0.1, -0.05) is 58.4 Å². The van der Waals surface area contributed by atoms with Crippen molar-refractivity contribution in [2.75, 3.05) is 0 Å². The zero-order valence-corrected chi connectivity index (χ0v) is 12.2. The molecule has 0 radical (unpaired) electrons. The van der Waals surface area contributed by atoms with Gasteiger partial charge in [0.1, 0.15) is 6.04 Å². The van der Waals surface area contributed by atoms with E-state index in [0.29, 0.717) is 12.0 Å². The van der Waals surface area contributed by atoms with Gasteiger partial charge in [-0.3, -0.25) is 4.79 Å². The van der Waals surface area contributed by atoms with Crippen molar-refractivity contribution in [1.29, 1.82) is 0 Å². The van der Waals surface area contributed by atoms with E-state index < -0.39 is 12.0 Å². The summed E-state index contributed by atoms with van der Waals surface area (Å²) < 4.78 is 0. The van der Waals surface area contributed by atoms with Crippen LogP contribution in [0.4, 0.5) is 0 Å². The third kappa shape index (κ3) is 9.28. The standard InChI is InChI=1S/C15H27NO3/c1-4-5-6-7-8-9-10-11-13(15(18)19)16-14(17)12(2)3/h13H,2,4-11H2,1,3H3,(H,16,17)(H,18,19). The van der Waals surface area contributed by atoms with Gasteiger partial charge in [-0.05, 0) is 13.3 Å². The van der Waals surface area contributed by atoms with E-state index in [-0.39, 0.29) is 5.91 Å². The molecule has 0 rings (SSSR count). The molecule has 0 heterocycles. The second-order valence-electron chi connectivity index (χ2n) is 5.05. The first-order chi connectivity index (χ1) is 8.99. The van der Waals surface area contributed by atoms with Crippen LogP contribution in [0.1, 0.15) is 65.2 Å². The first kappa shape index (κ1) is 17.7. The number of carboxylic acids is 1. The molecule has 0 spiro atoms. The molecule has 0 aromatic rings. The predicted molar refractivity (Wildman–Crippen MR) is 77.0 cm³/mol. The van der Waals surface area contributed by atoms with Gasteiger partial charge >= 0.3 is 5.97 Å². The lowest BCUT2D eigenvalue weighted by Crippen LogP contribution is -2.40. The number of aliphatic carboxylic acids is 1. The lowest BCUT2D eigenvalue weighted by Gasteiger charge is -2.14. The number of rotatable bonds is 11. The van der Waals surface area contributed by atoms with Gasteiger partial charge in [0.2, 0.25) is 5.91 Å². The van der Waals surface area contributed by atoms with Crippen LogP contribution in [0.3, 0.4) is 0 Å². The Kier molecular flexibility index (Phi) is 9.85. The molecule has 0 bridgehead atoms. The summed E-state index contributed by atoms with van der Waals surface area (Å²) >= 11 is 0. The maximum absolute atomic E-state index is 11.4. The Morgan fingerprint density at radius 1 is 1.11 bits per heavy atom. The molecule has 110 valence electrons. The molecule has 0 saturated heterocycles. The Balaban J connectivity index is 3.81. The van der Waals surface area contributed by atoms with E-state index in [4.69, 9.17) is 5.11 Å². The average molecular weight is 269 g/mol. The number of carboxylic acid groups (broad SMARTS) is 1. The van der Waals surface area contributed by atoms with Crippen LogP contribution >= 0.6 is 0 Å². The van der Waals surface area contributed by atoms with Gasteiger partial charge in [0.05, 0.1) is 0 Å². The van der Waals surface area contributed by atoms with Crippen LogP contribution in [0.25, 0.3) is 0 Å². The molecule has 0 saturated carbocycles. The Hall–Kier alpha value is -1.32. The quantitative estimate of drug-likeness (QED) is 0.447. The molecule has 4 heteroatoms. The Labute approximate surface area is 116 Å². The second-order valence-corrected chi connectivity index (χ2v) is 5.05. The molecule has 4 nitrogen and oxygen atoms in total. The van der Waals surface area contributed by atoms with Crippen LogP contribution in [-0.4, -0.2) is 23.0 Å². The van der Waals surface area contributed by atoms with Crippen LogP contribution in [-0.2, 0) is 9.59 Å². The summed E-state index contributed by atoms with van der Waals surface area (Å²) in [7, 11) is 0. The predicted octanol–water partition coefficient (Wildman–Crippen LogP) is 3.27. The first-order valence-electron chi connectivity index (χ1n) is 7.18. The number of hydrogen-bond acceptors (Lipinski definition) is 2. The van der Waals surface area contributed by atoms with Gasteiger partial charge in [0.15, 0.2) is 0 Å². The Bertz CT molecular complexity index is 300. The first-order valence-corrected chi connectivity index (χ1v) is 7.18. The number of hydrogen-bond donors (Lipinski definition) is 2. The number of amides is 1. The van der Waals surface area contributed by atoms with Gasteiger partial charge in [0.25, 0.3) is 0 Å². The van der Waals surface area contributed by atoms with Gasteiger partial charge in [-0.15, -0.1) is 0 Å². The minimum atomic E-state index is -0.972. The normalized spacial score (nSPS) is 11.9. The van der Waals surface area contributed by atoms with E-state index in [1.807, 2.05) is 0 Å². The van der Waals surface area contributed by atoms with Crippen molar-refractivity contribution < 1.29 is 14.7 Å². The summed E-state index contributed by atoms with van der Waals surface area (Å²) in [5.74, 6) is -1.35. The van der Waals surface area contributed by atoms with Crippen LogP contribution in [0.5, 0.6) is 0 Å². The Morgan fingerprint density at radius 3 is 2.11 bits per heavy atom. The van der Waals surface area contributed by atoms with Crippen molar-refractivity contribution in [2.45, 2.75) is 71.3 Å². The van der Waals surface area contributed by atoms with Gasteiger partial charge < -0.3 is 10.4 Å².